The summed E-state index contributed by atoms with van der Waals surface area (Å²) in [6.07, 6.45) is 6.33. The SMILES string of the molecule is C=CCC(C/C=C/CCC(C)=O)(C(=O)OCC)C(=O)OCC. The van der Waals surface area contributed by atoms with Gasteiger partial charge in [0.25, 0.3) is 0 Å². The number of Topliss-reactive ketones (excluding diaryl/α,β-unsaturated/α-hetero) is 1. The maximum atomic E-state index is 12.3. The number of rotatable bonds is 11. The summed E-state index contributed by atoms with van der Waals surface area (Å²) < 4.78 is 10.1. The van der Waals surface area contributed by atoms with Crippen LogP contribution in [-0.2, 0) is 23.9 Å². The van der Waals surface area contributed by atoms with Crippen LogP contribution in [0.1, 0.15) is 46.5 Å². The molecule has 0 bridgehead atoms. The van der Waals surface area contributed by atoms with Crippen LogP contribution >= 0.6 is 0 Å². The number of hydrogen-bond donors (Lipinski definition) is 0. The summed E-state index contributed by atoms with van der Waals surface area (Å²) in [4.78, 5) is 35.5. The molecule has 0 aliphatic heterocycles. The molecular weight excluding hydrogens is 284 g/mol. The van der Waals surface area contributed by atoms with Crippen LogP contribution in [0.5, 0.6) is 0 Å². The Morgan fingerprint density at radius 2 is 1.55 bits per heavy atom. The highest BCUT2D eigenvalue weighted by Gasteiger charge is 2.46. The maximum absolute atomic E-state index is 12.3. The average molecular weight is 310 g/mol. The number of ether oxygens (including phenoxy) is 2. The predicted octanol–water partition coefficient (Wildman–Crippen LogP) is 2.99. The van der Waals surface area contributed by atoms with Crippen LogP contribution in [0.4, 0.5) is 0 Å². The third-order valence-corrected chi connectivity index (χ3v) is 3.12. The van der Waals surface area contributed by atoms with Crippen LogP contribution in [0.3, 0.4) is 0 Å². The van der Waals surface area contributed by atoms with E-state index in [-0.39, 0.29) is 31.8 Å². The first-order valence-electron chi connectivity index (χ1n) is 7.54. The molecule has 0 aliphatic carbocycles. The Balaban J connectivity index is 5.17. The first kappa shape index (κ1) is 20.1. The van der Waals surface area contributed by atoms with Gasteiger partial charge in [0.2, 0.25) is 0 Å². The van der Waals surface area contributed by atoms with E-state index in [9.17, 15) is 14.4 Å². The lowest BCUT2D eigenvalue weighted by atomic mass is 9.80. The van der Waals surface area contributed by atoms with Crippen LogP contribution in [0.25, 0.3) is 0 Å². The molecule has 0 heterocycles. The van der Waals surface area contributed by atoms with E-state index >= 15 is 0 Å². The minimum atomic E-state index is -1.40. The highest BCUT2D eigenvalue weighted by Crippen LogP contribution is 2.32. The topological polar surface area (TPSA) is 69.7 Å². The molecule has 0 unspecified atom stereocenters. The highest BCUT2D eigenvalue weighted by molar-refractivity contribution is 6.00. The van der Waals surface area contributed by atoms with Crippen LogP contribution in [0, 0.1) is 5.41 Å². The molecule has 0 fully saturated rings. The summed E-state index contributed by atoms with van der Waals surface area (Å²) in [6, 6.07) is 0. The molecule has 5 nitrogen and oxygen atoms in total. The van der Waals surface area contributed by atoms with Gasteiger partial charge in [0, 0.05) is 6.42 Å². The molecule has 124 valence electrons. The van der Waals surface area contributed by atoms with Crippen LogP contribution < -0.4 is 0 Å². The molecule has 0 spiro atoms. The Labute approximate surface area is 132 Å². The Morgan fingerprint density at radius 1 is 1.00 bits per heavy atom. The van der Waals surface area contributed by atoms with E-state index in [1.807, 2.05) is 0 Å². The van der Waals surface area contributed by atoms with Crippen molar-refractivity contribution in [2.75, 3.05) is 13.2 Å². The Bertz CT molecular complexity index is 405. The van der Waals surface area contributed by atoms with Crippen molar-refractivity contribution >= 4 is 17.7 Å². The lowest BCUT2D eigenvalue weighted by Gasteiger charge is -2.26. The van der Waals surface area contributed by atoms with Gasteiger partial charge in [-0.15, -0.1) is 6.58 Å². The second-order valence-electron chi connectivity index (χ2n) is 4.93. The third kappa shape index (κ3) is 6.24. The van der Waals surface area contributed by atoms with Gasteiger partial charge in [-0.3, -0.25) is 9.59 Å². The van der Waals surface area contributed by atoms with Crippen molar-refractivity contribution < 1.29 is 23.9 Å². The zero-order chi connectivity index (χ0) is 17.0. The van der Waals surface area contributed by atoms with Gasteiger partial charge in [-0.1, -0.05) is 18.2 Å². The number of esters is 2. The molecule has 0 saturated carbocycles. The zero-order valence-electron chi connectivity index (χ0n) is 13.7. The average Bonchev–Trinajstić information content (AvgIpc) is 2.45. The summed E-state index contributed by atoms with van der Waals surface area (Å²) in [6.45, 7) is 8.88. The van der Waals surface area contributed by atoms with E-state index in [0.717, 1.165) is 0 Å². The molecule has 0 aromatic carbocycles. The first-order valence-corrected chi connectivity index (χ1v) is 7.54. The number of allylic oxidation sites excluding steroid dienone is 3. The summed E-state index contributed by atoms with van der Waals surface area (Å²) in [5.74, 6) is -1.12. The summed E-state index contributed by atoms with van der Waals surface area (Å²) in [5, 5.41) is 0. The zero-order valence-corrected chi connectivity index (χ0v) is 13.7. The third-order valence-electron chi connectivity index (χ3n) is 3.12. The van der Waals surface area contributed by atoms with Gasteiger partial charge in [-0.05, 0) is 40.0 Å². The molecule has 0 aromatic rings. The van der Waals surface area contributed by atoms with E-state index < -0.39 is 17.4 Å². The largest absolute Gasteiger partial charge is 0.465 e. The van der Waals surface area contributed by atoms with Gasteiger partial charge < -0.3 is 14.3 Å². The fourth-order valence-corrected chi connectivity index (χ4v) is 1.97. The maximum Gasteiger partial charge on any atom is 0.324 e. The lowest BCUT2D eigenvalue weighted by molar-refractivity contribution is -0.171. The quantitative estimate of drug-likeness (QED) is 0.333. The van der Waals surface area contributed by atoms with E-state index in [0.29, 0.717) is 12.8 Å². The van der Waals surface area contributed by atoms with Crippen molar-refractivity contribution in [1.82, 2.24) is 0 Å². The Kier molecular flexibility index (Phi) is 9.83. The molecule has 0 amide bonds. The van der Waals surface area contributed by atoms with E-state index in [1.165, 1.54) is 13.0 Å². The summed E-state index contributed by atoms with van der Waals surface area (Å²) in [5.41, 5.74) is -1.40. The predicted molar refractivity (Wildman–Crippen MR) is 84.2 cm³/mol. The smallest absolute Gasteiger partial charge is 0.324 e. The van der Waals surface area contributed by atoms with Gasteiger partial charge in [0.15, 0.2) is 5.41 Å². The minimum Gasteiger partial charge on any atom is -0.465 e. The second kappa shape index (κ2) is 10.8. The van der Waals surface area contributed by atoms with Crippen molar-refractivity contribution in [3.63, 3.8) is 0 Å². The molecule has 0 rings (SSSR count). The van der Waals surface area contributed by atoms with Crippen molar-refractivity contribution in [3.8, 4) is 0 Å². The van der Waals surface area contributed by atoms with Crippen LogP contribution in [0.2, 0.25) is 0 Å². The van der Waals surface area contributed by atoms with E-state index in [2.05, 4.69) is 6.58 Å². The molecular formula is C17H26O5. The van der Waals surface area contributed by atoms with Gasteiger partial charge in [0.1, 0.15) is 5.78 Å². The number of carbonyl (C=O) groups is 3. The molecule has 0 N–H and O–H groups in total. The Morgan fingerprint density at radius 3 is 1.95 bits per heavy atom. The number of hydrogen-bond acceptors (Lipinski definition) is 5. The normalized spacial score (nSPS) is 11.2. The van der Waals surface area contributed by atoms with Crippen molar-refractivity contribution in [3.05, 3.63) is 24.8 Å². The molecule has 0 aromatic heterocycles. The van der Waals surface area contributed by atoms with Crippen molar-refractivity contribution in [2.24, 2.45) is 5.41 Å². The number of carbonyl (C=O) groups excluding carboxylic acids is 3. The second-order valence-corrected chi connectivity index (χ2v) is 4.93. The Hall–Kier alpha value is -1.91. The van der Waals surface area contributed by atoms with Crippen LogP contribution in [0.15, 0.2) is 24.8 Å². The lowest BCUT2D eigenvalue weighted by Crippen LogP contribution is -2.41. The van der Waals surface area contributed by atoms with Crippen molar-refractivity contribution in [1.29, 1.82) is 0 Å². The van der Waals surface area contributed by atoms with E-state index in [1.54, 1.807) is 26.0 Å². The highest BCUT2D eigenvalue weighted by atomic mass is 16.6. The van der Waals surface area contributed by atoms with Gasteiger partial charge in [-0.2, -0.15) is 0 Å². The van der Waals surface area contributed by atoms with Gasteiger partial charge in [0.05, 0.1) is 13.2 Å². The molecule has 0 atom stereocenters. The fourth-order valence-electron chi connectivity index (χ4n) is 1.97. The minimum absolute atomic E-state index is 0.0952. The van der Waals surface area contributed by atoms with Crippen molar-refractivity contribution in [2.45, 2.75) is 46.5 Å². The standard InChI is InChI=1S/C17H26O5/c1-5-12-17(15(19)21-6-2,16(20)22-7-3)13-10-8-9-11-14(4)18/h5,8,10H,1,6-7,9,11-13H2,2-4H3/b10-8+. The summed E-state index contributed by atoms with van der Waals surface area (Å²) >= 11 is 0. The first-order chi connectivity index (χ1) is 10.4. The molecule has 0 aliphatic rings. The molecule has 0 saturated heterocycles. The molecule has 0 radical (unpaired) electrons. The molecule has 5 heteroatoms. The monoisotopic (exact) mass is 310 g/mol. The van der Waals surface area contributed by atoms with Gasteiger partial charge >= 0.3 is 11.9 Å². The number of ketones is 1. The van der Waals surface area contributed by atoms with Crippen LogP contribution in [-0.4, -0.2) is 30.9 Å². The van der Waals surface area contributed by atoms with E-state index in [4.69, 9.17) is 9.47 Å². The summed E-state index contributed by atoms with van der Waals surface area (Å²) in [7, 11) is 0. The van der Waals surface area contributed by atoms with Gasteiger partial charge in [-0.25, -0.2) is 0 Å². The molecule has 22 heavy (non-hydrogen) atoms. The fraction of sp³-hybridized carbons (Fsp3) is 0.588.